The Morgan fingerprint density at radius 3 is 2.60 bits per heavy atom. The first-order valence-electron chi connectivity index (χ1n) is 1.12. The summed E-state index contributed by atoms with van der Waals surface area (Å²) in [5.41, 5.74) is 7.51. The second-order valence-corrected chi connectivity index (χ2v) is 0.433. The predicted molar refractivity (Wildman–Crippen MR) is 18.8 cm³/mol. The lowest BCUT2D eigenvalue weighted by atomic mass is 10.7. The lowest BCUT2D eigenvalue weighted by Gasteiger charge is -1.51. The van der Waals surface area contributed by atoms with E-state index >= 15 is 0 Å². The molecule has 0 spiro atoms. The molecule has 0 aliphatic carbocycles. The first-order chi connectivity index (χ1) is 2.41. The second kappa shape index (κ2) is 3.12. The Hall–Kier alpha value is -0.880. The Bertz CT molecular complexity index is 69.0. The molecule has 0 amide bonds. The second-order valence-electron chi connectivity index (χ2n) is 0.433. The van der Waals surface area contributed by atoms with E-state index in [4.69, 9.17) is 5.53 Å². The third kappa shape index (κ3) is 3.12. The van der Waals surface area contributed by atoms with Gasteiger partial charge < -0.3 is 5.53 Å². The van der Waals surface area contributed by atoms with Crippen LogP contribution in [0.5, 0.6) is 0 Å². The van der Waals surface area contributed by atoms with Gasteiger partial charge in [0.2, 0.25) is 0 Å². The van der Waals surface area contributed by atoms with Crippen LogP contribution < -0.4 is 0 Å². The molecule has 0 rings (SSSR count). The molecule has 2 nitrogen and oxygen atoms in total. The van der Waals surface area contributed by atoms with E-state index in [9.17, 15) is 0 Å². The smallest absolute Gasteiger partial charge is 0.176 e. The zero-order valence-corrected chi connectivity index (χ0v) is 2.68. The van der Waals surface area contributed by atoms with Gasteiger partial charge in [0.15, 0.2) is 6.21 Å². The van der Waals surface area contributed by atoms with Gasteiger partial charge in [-0.15, -0.1) is 0 Å². The van der Waals surface area contributed by atoms with Crippen LogP contribution in [0.2, 0.25) is 0 Å². The SMILES string of the molecule is C=C[C-]=[N+]=[N-]. The van der Waals surface area contributed by atoms with Crippen LogP contribution in [-0.2, 0) is 0 Å². The summed E-state index contributed by atoms with van der Waals surface area (Å²) in [5.74, 6) is 0. The molecule has 0 fully saturated rings. The van der Waals surface area contributed by atoms with Crippen LogP contribution >= 0.6 is 0 Å². The first kappa shape index (κ1) is 4.12. The third-order valence-electron chi connectivity index (χ3n) is 0.149. The van der Waals surface area contributed by atoms with E-state index in [-0.39, 0.29) is 0 Å². The molecule has 0 heterocycles. The van der Waals surface area contributed by atoms with Gasteiger partial charge >= 0.3 is 0 Å². The Morgan fingerprint density at radius 2 is 2.60 bits per heavy atom. The molecule has 0 aliphatic rings. The summed E-state index contributed by atoms with van der Waals surface area (Å²) in [5, 5.41) is 0. The number of rotatable bonds is 1. The molecule has 0 aromatic carbocycles. The van der Waals surface area contributed by atoms with Gasteiger partial charge in [0.1, 0.15) is 0 Å². The van der Waals surface area contributed by atoms with Gasteiger partial charge in [0, 0.05) is 0 Å². The molecule has 0 saturated heterocycles. The molecule has 0 aromatic heterocycles. The third-order valence-corrected chi connectivity index (χ3v) is 0.149. The molecular formula is C3H3N2-. The van der Waals surface area contributed by atoms with Crippen molar-refractivity contribution in [3.63, 3.8) is 0 Å². The van der Waals surface area contributed by atoms with E-state index in [1.165, 1.54) is 6.08 Å². The van der Waals surface area contributed by atoms with Gasteiger partial charge in [-0.05, 0) is 0 Å². The first-order valence-corrected chi connectivity index (χ1v) is 1.12. The zero-order chi connectivity index (χ0) is 4.12. The highest BCUT2D eigenvalue weighted by Crippen LogP contribution is 1.37. The minimum absolute atomic E-state index is 1.26. The zero-order valence-electron chi connectivity index (χ0n) is 2.68. The topological polar surface area (TPSA) is 36.4 Å². The van der Waals surface area contributed by atoms with E-state index < -0.39 is 0 Å². The maximum Gasteiger partial charge on any atom is 0.176 e. The van der Waals surface area contributed by atoms with Crippen LogP contribution in [0.1, 0.15) is 0 Å². The van der Waals surface area contributed by atoms with Crippen LogP contribution in [0.15, 0.2) is 12.7 Å². The molecule has 0 radical (unpaired) electrons. The van der Waals surface area contributed by atoms with E-state index in [0.717, 1.165) is 0 Å². The van der Waals surface area contributed by atoms with Crippen molar-refractivity contribution in [1.82, 2.24) is 0 Å². The molecule has 0 saturated carbocycles. The minimum Gasteiger partial charge on any atom is -0.385 e. The minimum atomic E-state index is 1.26. The fourth-order valence-electron chi connectivity index (χ4n) is 0.0408. The number of allylic oxidation sites excluding steroid dienone is 1. The van der Waals surface area contributed by atoms with Gasteiger partial charge in [-0.25, -0.2) is 6.58 Å². The summed E-state index contributed by atoms with van der Waals surface area (Å²) in [7, 11) is 0. The van der Waals surface area contributed by atoms with E-state index in [2.05, 4.69) is 17.6 Å². The van der Waals surface area contributed by atoms with E-state index in [0.29, 0.717) is 0 Å². The Morgan fingerprint density at radius 1 is 2.00 bits per heavy atom. The molecule has 0 unspecified atom stereocenters. The van der Waals surface area contributed by atoms with E-state index in [1.807, 2.05) is 0 Å². The Kier molecular flexibility index (Phi) is 2.57. The highest BCUT2D eigenvalue weighted by Gasteiger charge is 1.37. The predicted octanol–water partition coefficient (Wildman–Crippen LogP) is 0.350. The largest absolute Gasteiger partial charge is 0.385 e. The highest BCUT2D eigenvalue weighted by molar-refractivity contribution is 5.63. The van der Waals surface area contributed by atoms with Crippen LogP contribution in [-0.4, -0.2) is 11.0 Å². The highest BCUT2D eigenvalue weighted by atomic mass is 14.8. The van der Waals surface area contributed by atoms with Crippen LogP contribution in [0, 0.1) is 0 Å². The Balaban J connectivity index is 3.31. The van der Waals surface area contributed by atoms with Crippen molar-refractivity contribution in [1.29, 1.82) is 0 Å². The molecule has 0 bridgehead atoms. The Labute approximate surface area is 30.4 Å². The summed E-state index contributed by atoms with van der Waals surface area (Å²) in [6, 6.07) is 0. The molecule has 0 atom stereocenters. The van der Waals surface area contributed by atoms with E-state index in [1.54, 1.807) is 0 Å². The summed E-state index contributed by atoms with van der Waals surface area (Å²) >= 11 is 0. The van der Waals surface area contributed by atoms with Crippen LogP contribution in [0.25, 0.3) is 5.53 Å². The molecule has 5 heavy (non-hydrogen) atoms. The maximum atomic E-state index is 7.51. The average Bonchev–Trinajstić information content (AvgIpc) is 1.41. The average molecular weight is 67.1 g/mol. The molecule has 0 N–H and O–H groups in total. The van der Waals surface area contributed by atoms with Gasteiger partial charge in [-0.2, -0.15) is 6.08 Å². The van der Waals surface area contributed by atoms with Crippen molar-refractivity contribution in [2.24, 2.45) is 0 Å². The number of nitrogens with zero attached hydrogens (tertiary/aromatic N) is 2. The molecule has 0 aliphatic heterocycles. The summed E-state index contributed by atoms with van der Waals surface area (Å²) < 4.78 is 0. The fourth-order valence-corrected chi connectivity index (χ4v) is 0.0408. The van der Waals surface area contributed by atoms with Crippen LogP contribution in [0.4, 0.5) is 0 Å². The van der Waals surface area contributed by atoms with Gasteiger partial charge in [-0.3, -0.25) is 4.79 Å². The molecular weight excluding hydrogens is 64.0 g/mol. The van der Waals surface area contributed by atoms with Crippen molar-refractivity contribution in [2.45, 2.75) is 0 Å². The van der Waals surface area contributed by atoms with Crippen molar-refractivity contribution in [3.05, 3.63) is 18.2 Å². The number of hydrogen-bond donors (Lipinski definition) is 0. The lowest BCUT2D eigenvalue weighted by Crippen LogP contribution is -1.54. The monoisotopic (exact) mass is 67.0 g/mol. The molecule has 26 valence electrons. The summed E-state index contributed by atoms with van der Waals surface area (Å²) in [6.45, 7) is 3.19. The molecule has 0 aromatic rings. The van der Waals surface area contributed by atoms with Gasteiger partial charge in [0.05, 0.1) is 0 Å². The van der Waals surface area contributed by atoms with Gasteiger partial charge in [-0.1, -0.05) is 0 Å². The standard InChI is InChI=1S/C3H3N2/c1-2-3-5-4/h2H,1H2/q-1. The summed E-state index contributed by atoms with van der Waals surface area (Å²) in [4.78, 5) is 2.49. The van der Waals surface area contributed by atoms with Crippen molar-refractivity contribution in [2.75, 3.05) is 0 Å². The van der Waals surface area contributed by atoms with Crippen molar-refractivity contribution >= 4 is 6.21 Å². The lowest BCUT2D eigenvalue weighted by molar-refractivity contribution is 0.00516. The summed E-state index contributed by atoms with van der Waals surface area (Å²) in [6.07, 6.45) is 3.32. The van der Waals surface area contributed by atoms with Crippen molar-refractivity contribution in [3.8, 4) is 0 Å². The maximum absolute atomic E-state index is 7.51. The molecule has 2 heteroatoms. The quantitative estimate of drug-likeness (QED) is 0.184. The van der Waals surface area contributed by atoms with Crippen LogP contribution in [0.3, 0.4) is 0 Å². The van der Waals surface area contributed by atoms with Crippen molar-refractivity contribution < 1.29 is 4.79 Å². The fraction of sp³-hybridized carbons (Fsp3) is 0. The normalized spacial score (nSPS) is 4.80. The number of hydrogen-bond acceptors (Lipinski definition) is 0. The van der Waals surface area contributed by atoms with Gasteiger partial charge in [0.25, 0.3) is 0 Å².